The fourth-order valence-electron chi connectivity index (χ4n) is 2.24. The van der Waals surface area contributed by atoms with Crippen LogP contribution in [-0.2, 0) is 0 Å². The summed E-state index contributed by atoms with van der Waals surface area (Å²) in [6.07, 6.45) is 0. The molecule has 0 radical (unpaired) electrons. The van der Waals surface area contributed by atoms with Gasteiger partial charge >= 0.3 is 0 Å². The molecule has 0 amide bonds. The van der Waals surface area contributed by atoms with Crippen molar-refractivity contribution in [2.45, 2.75) is 6.92 Å². The smallest absolute Gasteiger partial charge is 0.266 e. The molecule has 1 aromatic carbocycles. The van der Waals surface area contributed by atoms with Crippen LogP contribution in [0.5, 0.6) is 5.75 Å². The van der Waals surface area contributed by atoms with Gasteiger partial charge in [-0.15, -0.1) is 11.3 Å². The third-order valence-electron chi connectivity index (χ3n) is 3.48. The Bertz CT molecular complexity index is 949. The summed E-state index contributed by atoms with van der Waals surface area (Å²) in [5, 5.41) is 11.8. The standard InChI is InChI=1S/C17H13N3O2S/c1-10-14(7-12(8-18)16(21)19-10)15-9-23-17(20-15)11-3-5-13(22-2)6-4-11/h3-7,9H,1-2H3,(H,19,21). The van der Waals surface area contributed by atoms with Crippen LogP contribution < -0.4 is 10.3 Å². The molecule has 0 atom stereocenters. The number of nitrogens with zero attached hydrogens (tertiary/aromatic N) is 2. The van der Waals surface area contributed by atoms with E-state index in [1.54, 1.807) is 20.1 Å². The fraction of sp³-hybridized carbons (Fsp3) is 0.118. The van der Waals surface area contributed by atoms with Crippen molar-refractivity contribution in [3.8, 4) is 33.6 Å². The lowest BCUT2D eigenvalue weighted by atomic mass is 10.1. The van der Waals surface area contributed by atoms with Gasteiger partial charge in [-0.3, -0.25) is 4.79 Å². The molecule has 0 aliphatic heterocycles. The second-order valence-electron chi connectivity index (χ2n) is 4.93. The molecule has 6 heteroatoms. The molecule has 2 aromatic heterocycles. The molecule has 0 saturated carbocycles. The highest BCUT2D eigenvalue weighted by atomic mass is 32.1. The molecular weight excluding hydrogens is 310 g/mol. The number of aromatic nitrogens is 2. The molecule has 0 aliphatic rings. The quantitative estimate of drug-likeness (QED) is 0.801. The van der Waals surface area contributed by atoms with E-state index >= 15 is 0 Å². The maximum atomic E-state index is 11.6. The monoisotopic (exact) mass is 323 g/mol. The molecule has 2 heterocycles. The molecule has 0 aliphatic carbocycles. The number of methoxy groups -OCH3 is 1. The second kappa shape index (κ2) is 6.07. The van der Waals surface area contributed by atoms with Crippen LogP contribution in [0.25, 0.3) is 21.8 Å². The number of pyridine rings is 1. The molecule has 114 valence electrons. The van der Waals surface area contributed by atoms with Crippen LogP contribution in [0.15, 0.2) is 40.5 Å². The van der Waals surface area contributed by atoms with Crippen LogP contribution in [-0.4, -0.2) is 17.1 Å². The molecule has 0 saturated heterocycles. The van der Waals surface area contributed by atoms with E-state index in [4.69, 9.17) is 10.00 Å². The van der Waals surface area contributed by atoms with Crippen LogP contribution in [0.1, 0.15) is 11.3 Å². The number of hydrogen-bond acceptors (Lipinski definition) is 5. The number of thiazole rings is 1. The van der Waals surface area contributed by atoms with Gasteiger partial charge < -0.3 is 9.72 Å². The SMILES string of the molecule is COc1ccc(-c2nc(-c3cc(C#N)c(=O)[nH]c3C)cs2)cc1. The normalized spacial score (nSPS) is 10.3. The Morgan fingerprint density at radius 3 is 2.70 bits per heavy atom. The topological polar surface area (TPSA) is 78.8 Å². The predicted molar refractivity (Wildman–Crippen MR) is 89.6 cm³/mol. The van der Waals surface area contributed by atoms with Gasteiger partial charge in [0.15, 0.2) is 0 Å². The van der Waals surface area contributed by atoms with Crippen molar-refractivity contribution >= 4 is 11.3 Å². The van der Waals surface area contributed by atoms with E-state index in [-0.39, 0.29) is 11.1 Å². The number of aryl methyl sites for hydroxylation is 1. The lowest BCUT2D eigenvalue weighted by Crippen LogP contribution is -2.11. The number of rotatable bonds is 3. The van der Waals surface area contributed by atoms with Crippen molar-refractivity contribution in [2.24, 2.45) is 0 Å². The maximum Gasteiger partial charge on any atom is 0.266 e. The molecule has 1 N–H and O–H groups in total. The zero-order chi connectivity index (χ0) is 16.4. The summed E-state index contributed by atoms with van der Waals surface area (Å²) >= 11 is 1.51. The Kier molecular flexibility index (Phi) is 3.96. The number of nitrogens with one attached hydrogen (secondary N) is 1. The third-order valence-corrected chi connectivity index (χ3v) is 4.37. The molecular formula is C17H13N3O2S. The van der Waals surface area contributed by atoms with Gasteiger partial charge in [0, 0.05) is 22.2 Å². The van der Waals surface area contributed by atoms with Gasteiger partial charge in [-0.2, -0.15) is 5.26 Å². The van der Waals surface area contributed by atoms with Crippen LogP contribution in [0.3, 0.4) is 0 Å². The Balaban J connectivity index is 2.02. The van der Waals surface area contributed by atoms with Gasteiger partial charge in [0.1, 0.15) is 22.4 Å². The molecule has 0 bridgehead atoms. The van der Waals surface area contributed by atoms with E-state index in [0.29, 0.717) is 5.69 Å². The minimum absolute atomic E-state index is 0.0876. The largest absolute Gasteiger partial charge is 0.497 e. The average Bonchev–Trinajstić information content (AvgIpc) is 3.05. The zero-order valence-corrected chi connectivity index (χ0v) is 13.4. The van der Waals surface area contributed by atoms with Gasteiger partial charge in [0.2, 0.25) is 0 Å². The van der Waals surface area contributed by atoms with Crippen molar-refractivity contribution in [3.63, 3.8) is 0 Å². The van der Waals surface area contributed by atoms with Gasteiger partial charge in [-0.05, 0) is 37.3 Å². The first kappa shape index (κ1) is 15.0. The minimum atomic E-state index is -0.376. The van der Waals surface area contributed by atoms with Crippen molar-refractivity contribution in [3.05, 3.63) is 57.3 Å². The first-order valence-corrected chi connectivity index (χ1v) is 7.74. The molecule has 3 aromatic rings. The summed E-state index contributed by atoms with van der Waals surface area (Å²) in [5.41, 5.74) is 2.90. The number of hydrogen-bond donors (Lipinski definition) is 1. The summed E-state index contributed by atoms with van der Waals surface area (Å²) in [6, 6.07) is 11.1. The highest BCUT2D eigenvalue weighted by Crippen LogP contribution is 2.30. The average molecular weight is 323 g/mol. The minimum Gasteiger partial charge on any atom is -0.497 e. The van der Waals surface area contributed by atoms with E-state index in [0.717, 1.165) is 27.6 Å². The summed E-state index contributed by atoms with van der Waals surface area (Å²) < 4.78 is 5.15. The number of H-pyrrole nitrogens is 1. The summed E-state index contributed by atoms with van der Waals surface area (Å²) in [4.78, 5) is 18.9. The Hall–Kier alpha value is -2.91. The first-order valence-electron chi connectivity index (χ1n) is 6.86. The van der Waals surface area contributed by atoms with Crippen LogP contribution in [0.4, 0.5) is 0 Å². The Morgan fingerprint density at radius 2 is 2.04 bits per heavy atom. The zero-order valence-electron chi connectivity index (χ0n) is 12.6. The fourth-order valence-corrected chi connectivity index (χ4v) is 3.06. The van der Waals surface area contributed by atoms with E-state index in [1.165, 1.54) is 11.3 Å². The van der Waals surface area contributed by atoms with Gasteiger partial charge in [-0.1, -0.05) is 0 Å². The molecule has 23 heavy (non-hydrogen) atoms. The molecule has 5 nitrogen and oxygen atoms in total. The first-order chi connectivity index (χ1) is 11.1. The van der Waals surface area contributed by atoms with Crippen LogP contribution >= 0.6 is 11.3 Å². The second-order valence-corrected chi connectivity index (χ2v) is 5.79. The van der Waals surface area contributed by atoms with E-state index in [2.05, 4.69) is 9.97 Å². The van der Waals surface area contributed by atoms with Crippen LogP contribution in [0, 0.1) is 18.3 Å². The molecule has 0 spiro atoms. The van der Waals surface area contributed by atoms with E-state index in [1.807, 2.05) is 35.7 Å². The summed E-state index contributed by atoms with van der Waals surface area (Å²) in [7, 11) is 1.63. The Labute approximate surface area is 136 Å². The predicted octanol–water partition coefficient (Wildman–Crippen LogP) is 3.35. The number of ether oxygens (including phenoxy) is 1. The number of benzene rings is 1. The number of aromatic amines is 1. The van der Waals surface area contributed by atoms with E-state index < -0.39 is 0 Å². The van der Waals surface area contributed by atoms with Crippen molar-refractivity contribution in [2.75, 3.05) is 7.11 Å². The third kappa shape index (κ3) is 2.87. The number of nitriles is 1. The maximum absolute atomic E-state index is 11.6. The van der Waals surface area contributed by atoms with E-state index in [9.17, 15) is 4.79 Å². The molecule has 0 fully saturated rings. The van der Waals surface area contributed by atoms with Crippen molar-refractivity contribution in [1.29, 1.82) is 5.26 Å². The van der Waals surface area contributed by atoms with Crippen LogP contribution in [0.2, 0.25) is 0 Å². The highest BCUT2D eigenvalue weighted by Gasteiger charge is 2.12. The summed E-state index contributed by atoms with van der Waals surface area (Å²) in [6.45, 7) is 1.80. The van der Waals surface area contributed by atoms with Gasteiger partial charge in [0.05, 0.1) is 12.8 Å². The van der Waals surface area contributed by atoms with Gasteiger partial charge in [0.25, 0.3) is 5.56 Å². The lowest BCUT2D eigenvalue weighted by molar-refractivity contribution is 0.415. The van der Waals surface area contributed by atoms with Crippen molar-refractivity contribution in [1.82, 2.24) is 9.97 Å². The van der Waals surface area contributed by atoms with Gasteiger partial charge in [-0.25, -0.2) is 4.98 Å². The molecule has 3 rings (SSSR count). The molecule has 0 unspecified atom stereocenters. The Morgan fingerprint density at radius 1 is 1.30 bits per heavy atom. The lowest BCUT2D eigenvalue weighted by Gasteiger charge is -2.03. The highest BCUT2D eigenvalue weighted by molar-refractivity contribution is 7.13. The van der Waals surface area contributed by atoms with Crippen molar-refractivity contribution < 1.29 is 4.74 Å². The summed E-state index contributed by atoms with van der Waals surface area (Å²) in [5.74, 6) is 0.792.